The van der Waals surface area contributed by atoms with Crippen molar-refractivity contribution in [1.29, 1.82) is 0 Å². The second-order valence-electron chi connectivity index (χ2n) is 6.89. The third-order valence-corrected chi connectivity index (χ3v) is 6.47. The molecule has 0 fully saturated rings. The van der Waals surface area contributed by atoms with Gasteiger partial charge in [-0.1, -0.05) is 29.8 Å². The van der Waals surface area contributed by atoms with Gasteiger partial charge in [0.1, 0.15) is 23.9 Å². The Morgan fingerprint density at radius 3 is 2.31 bits per heavy atom. The lowest BCUT2D eigenvalue weighted by molar-refractivity contribution is -0.114. The molecule has 0 saturated carbocycles. The molecule has 0 atom stereocenters. The summed E-state index contributed by atoms with van der Waals surface area (Å²) in [6, 6.07) is 16.3. The van der Waals surface area contributed by atoms with Gasteiger partial charge in [0.2, 0.25) is 5.91 Å². The third-order valence-electron chi connectivity index (χ3n) is 4.70. The Labute approximate surface area is 186 Å². The summed E-state index contributed by atoms with van der Waals surface area (Å²) in [6.45, 7) is 1.16. The summed E-state index contributed by atoms with van der Waals surface area (Å²) in [5, 5.41) is 2.62. The predicted molar refractivity (Wildman–Crippen MR) is 120 cm³/mol. The Hall–Kier alpha value is -3.59. The number of anilines is 2. The summed E-state index contributed by atoms with van der Waals surface area (Å²) < 4.78 is 52.4. The van der Waals surface area contributed by atoms with E-state index in [-0.39, 0.29) is 16.3 Å². The molecule has 0 radical (unpaired) electrons. The van der Waals surface area contributed by atoms with Crippen LogP contribution in [0.15, 0.2) is 71.6 Å². The van der Waals surface area contributed by atoms with Gasteiger partial charge in [0.15, 0.2) is 0 Å². The van der Waals surface area contributed by atoms with E-state index in [1.807, 2.05) is 6.92 Å². The van der Waals surface area contributed by atoms with Crippen LogP contribution >= 0.6 is 0 Å². The zero-order valence-electron chi connectivity index (χ0n) is 17.8. The second kappa shape index (κ2) is 9.69. The number of ether oxygens (including phenoxy) is 2. The highest BCUT2D eigenvalue weighted by Crippen LogP contribution is 2.30. The van der Waals surface area contributed by atoms with Crippen LogP contribution in [0.5, 0.6) is 11.5 Å². The van der Waals surface area contributed by atoms with Crippen molar-refractivity contribution in [2.24, 2.45) is 0 Å². The van der Waals surface area contributed by atoms with E-state index in [2.05, 4.69) is 5.32 Å². The Morgan fingerprint density at radius 2 is 1.69 bits per heavy atom. The largest absolute Gasteiger partial charge is 0.497 e. The number of nitrogens with zero attached hydrogens (tertiary/aromatic N) is 1. The third kappa shape index (κ3) is 5.00. The van der Waals surface area contributed by atoms with Crippen LogP contribution in [0, 0.1) is 12.7 Å². The van der Waals surface area contributed by atoms with E-state index in [1.165, 1.54) is 44.6 Å². The lowest BCUT2D eigenvalue weighted by Gasteiger charge is -2.24. The Balaban J connectivity index is 1.98. The highest BCUT2D eigenvalue weighted by molar-refractivity contribution is 7.92. The fourth-order valence-electron chi connectivity index (χ4n) is 3.02. The number of aryl methyl sites for hydroxylation is 1. The summed E-state index contributed by atoms with van der Waals surface area (Å²) >= 11 is 0. The zero-order valence-corrected chi connectivity index (χ0v) is 18.6. The number of halogens is 1. The first-order valence-corrected chi connectivity index (χ1v) is 11.1. The minimum Gasteiger partial charge on any atom is -0.497 e. The maximum atomic E-state index is 14.6. The molecular formula is C23H23FN2O5S. The second-order valence-corrected chi connectivity index (χ2v) is 8.75. The number of hydrogen-bond donors (Lipinski definition) is 1. The highest BCUT2D eigenvalue weighted by atomic mass is 32.2. The van der Waals surface area contributed by atoms with Crippen molar-refractivity contribution in [3.05, 3.63) is 78.1 Å². The summed E-state index contributed by atoms with van der Waals surface area (Å²) in [6.07, 6.45) is 0. The van der Waals surface area contributed by atoms with Crippen LogP contribution < -0.4 is 19.1 Å². The maximum Gasteiger partial charge on any atom is 0.264 e. The van der Waals surface area contributed by atoms with Gasteiger partial charge in [0.25, 0.3) is 10.0 Å². The molecule has 168 valence electrons. The van der Waals surface area contributed by atoms with E-state index in [9.17, 15) is 17.6 Å². The molecule has 3 rings (SSSR count). The number of hydrogen-bond acceptors (Lipinski definition) is 5. The molecule has 0 aromatic heterocycles. The van der Waals surface area contributed by atoms with E-state index < -0.39 is 28.3 Å². The van der Waals surface area contributed by atoms with Crippen molar-refractivity contribution in [2.45, 2.75) is 11.8 Å². The van der Waals surface area contributed by atoms with Crippen molar-refractivity contribution in [3.63, 3.8) is 0 Å². The van der Waals surface area contributed by atoms with Gasteiger partial charge in [-0.05, 0) is 43.3 Å². The number of rotatable bonds is 8. The van der Waals surface area contributed by atoms with E-state index in [1.54, 1.807) is 30.3 Å². The first-order valence-electron chi connectivity index (χ1n) is 9.62. The van der Waals surface area contributed by atoms with Gasteiger partial charge in [0.05, 0.1) is 30.5 Å². The summed E-state index contributed by atoms with van der Waals surface area (Å²) in [5.74, 6) is -0.622. The Morgan fingerprint density at radius 1 is 1.00 bits per heavy atom. The number of sulfonamides is 1. The monoisotopic (exact) mass is 458 g/mol. The van der Waals surface area contributed by atoms with Crippen LogP contribution in [-0.2, 0) is 14.8 Å². The van der Waals surface area contributed by atoms with E-state index in [4.69, 9.17) is 9.47 Å². The Bertz CT molecular complexity index is 1210. The fraction of sp³-hybridized carbons (Fsp3) is 0.174. The lowest BCUT2D eigenvalue weighted by Crippen LogP contribution is -2.38. The van der Waals surface area contributed by atoms with Crippen molar-refractivity contribution < 1.29 is 27.1 Å². The van der Waals surface area contributed by atoms with E-state index in [0.717, 1.165) is 15.9 Å². The normalized spacial score (nSPS) is 11.0. The first kappa shape index (κ1) is 23.1. The Kier molecular flexibility index (Phi) is 6.99. The molecule has 0 aliphatic carbocycles. The number of benzene rings is 3. The van der Waals surface area contributed by atoms with Crippen LogP contribution in [0.1, 0.15) is 5.56 Å². The lowest BCUT2D eigenvalue weighted by atomic mass is 10.2. The number of carbonyl (C=O) groups excluding carboxylic acids is 1. The van der Waals surface area contributed by atoms with Crippen molar-refractivity contribution >= 4 is 27.3 Å². The van der Waals surface area contributed by atoms with Gasteiger partial charge in [-0.3, -0.25) is 9.10 Å². The van der Waals surface area contributed by atoms with Crippen LogP contribution in [0.3, 0.4) is 0 Å². The van der Waals surface area contributed by atoms with Gasteiger partial charge in [-0.15, -0.1) is 0 Å². The van der Waals surface area contributed by atoms with Crippen LogP contribution in [-0.4, -0.2) is 35.1 Å². The highest BCUT2D eigenvalue weighted by Gasteiger charge is 2.29. The molecule has 0 bridgehead atoms. The minimum atomic E-state index is -4.23. The zero-order chi connectivity index (χ0) is 23.3. The molecule has 0 unspecified atom stereocenters. The SMILES string of the molecule is COc1ccc(OC)c(NC(=O)CN(c2ccccc2F)S(=O)(=O)c2ccc(C)cc2)c1. The quantitative estimate of drug-likeness (QED) is 0.552. The summed E-state index contributed by atoms with van der Waals surface area (Å²) in [7, 11) is -1.32. The number of para-hydroxylation sites is 1. The number of carbonyl (C=O) groups is 1. The molecule has 0 aliphatic rings. The molecule has 0 aliphatic heterocycles. The van der Waals surface area contributed by atoms with Crippen LogP contribution in [0.2, 0.25) is 0 Å². The van der Waals surface area contributed by atoms with Gasteiger partial charge in [0, 0.05) is 6.07 Å². The fourth-order valence-corrected chi connectivity index (χ4v) is 4.45. The summed E-state index contributed by atoms with van der Waals surface area (Å²) in [5.41, 5.74) is 0.920. The van der Waals surface area contributed by atoms with E-state index in [0.29, 0.717) is 11.5 Å². The van der Waals surface area contributed by atoms with Gasteiger partial charge in [-0.25, -0.2) is 12.8 Å². The molecule has 0 heterocycles. The van der Waals surface area contributed by atoms with Crippen molar-refractivity contribution in [3.8, 4) is 11.5 Å². The molecule has 9 heteroatoms. The average molecular weight is 459 g/mol. The van der Waals surface area contributed by atoms with Gasteiger partial charge in [-0.2, -0.15) is 0 Å². The molecule has 0 saturated heterocycles. The van der Waals surface area contributed by atoms with Crippen LogP contribution in [0.25, 0.3) is 0 Å². The topological polar surface area (TPSA) is 84.9 Å². The average Bonchev–Trinajstić information content (AvgIpc) is 2.78. The number of methoxy groups -OCH3 is 2. The van der Waals surface area contributed by atoms with Gasteiger partial charge >= 0.3 is 0 Å². The molecule has 3 aromatic rings. The standard InChI is InChI=1S/C23H23FN2O5S/c1-16-8-11-18(12-9-16)32(28,29)26(21-7-5-4-6-19(21)24)15-23(27)25-20-14-17(30-2)10-13-22(20)31-3/h4-14H,15H2,1-3H3,(H,25,27). The molecule has 32 heavy (non-hydrogen) atoms. The number of nitrogens with one attached hydrogen (secondary N) is 1. The van der Waals surface area contributed by atoms with Crippen molar-refractivity contribution in [2.75, 3.05) is 30.4 Å². The molecule has 3 aromatic carbocycles. The molecule has 1 amide bonds. The molecule has 7 nitrogen and oxygen atoms in total. The molecule has 1 N–H and O–H groups in total. The first-order chi connectivity index (χ1) is 15.3. The molecular weight excluding hydrogens is 435 g/mol. The predicted octanol–water partition coefficient (Wildman–Crippen LogP) is 3.99. The smallest absolute Gasteiger partial charge is 0.264 e. The minimum absolute atomic E-state index is 0.0573. The van der Waals surface area contributed by atoms with Gasteiger partial charge < -0.3 is 14.8 Å². The van der Waals surface area contributed by atoms with E-state index >= 15 is 0 Å². The van der Waals surface area contributed by atoms with Crippen LogP contribution in [0.4, 0.5) is 15.8 Å². The van der Waals surface area contributed by atoms with Crippen molar-refractivity contribution in [1.82, 2.24) is 0 Å². The summed E-state index contributed by atoms with van der Waals surface area (Å²) in [4.78, 5) is 12.8. The maximum absolute atomic E-state index is 14.6. The molecule has 0 spiro atoms. The number of amides is 1.